The van der Waals surface area contributed by atoms with E-state index in [-0.39, 0.29) is 35.3 Å². The molecule has 2 aromatic heterocycles. The zero-order valence-electron chi connectivity index (χ0n) is 20.8. The zero-order chi connectivity index (χ0) is 27.6. The quantitative estimate of drug-likeness (QED) is 0.170. The molecule has 1 aliphatic heterocycles. The molecule has 0 amide bonds. The molecule has 0 unspecified atom stereocenters. The van der Waals surface area contributed by atoms with E-state index in [1.807, 2.05) is 24.3 Å². The molecule has 1 saturated heterocycles. The lowest BCUT2D eigenvalue weighted by molar-refractivity contribution is -0.114. The third-order valence-electron chi connectivity index (χ3n) is 6.29. The van der Waals surface area contributed by atoms with Crippen molar-refractivity contribution in [3.8, 4) is 17.0 Å². The van der Waals surface area contributed by atoms with E-state index in [1.54, 1.807) is 11.1 Å². The maximum Gasteiger partial charge on any atom is 0.524 e. The average Bonchev–Trinajstić information content (AvgIpc) is 3.36. The van der Waals surface area contributed by atoms with E-state index >= 15 is 4.39 Å². The summed E-state index contributed by atoms with van der Waals surface area (Å²) in [4.78, 5) is 41.6. The summed E-state index contributed by atoms with van der Waals surface area (Å²) < 4.78 is 32.0. The second-order valence-electron chi connectivity index (χ2n) is 9.14. The second-order valence-corrected chi connectivity index (χ2v) is 10.3. The van der Waals surface area contributed by atoms with Crippen molar-refractivity contribution in [2.45, 2.75) is 25.7 Å². The fourth-order valence-corrected chi connectivity index (χ4v) is 5.01. The van der Waals surface area contributed by atoms with Gasteiger partial charge in [0.2, 0.25) is 5.95 Å². The Balaban J connectivity index is 1.53. The number of piperidine rings is 1. The maximum absolute atomic E-state index is 15.4. The number of aromatic nitrogens is 4. The van der Waals surface area contributed by atoms with Gasteiger partial charge >= 0.3 is 7.82 Å². The SMILES string of the molecule is C=CC(=O)Cc1cccc(-c2nc(Nc3cc(F)c(N4CCCCC4)c(OP(=O)(O)O)c3)nc3[nH]ncc23)c1. The van der Waals surface area contributed by atoms with Crippen molar-refractivity contribution in [2.75, 3.05) is 23.3 Å². The van der Waals surface area contributed by atoms with Crippen LogP contribution in [0.1, 0.15) is 24.8 Å². The Morgan fingerprint density at radius 3 is 2.74 bits per heavy atom. The molecule has 0 bridgehead atoms. The molecule has 1 aliphatic rings. The highest BCUT2D eigenvalue weighted by Gasteiger charge is 2.26. The number of nitrogens with one attached hydrogen (secondary N) is 2. The Morgan fingerprint density at radius 2 is 2.00 bits per heavy atom. The minimum Gasteiger partial charge on any atom is -0.402 e. The van der Waals surface area contributed by atoms with Gasteiger partial charge in [-0.15, -0.1) is 0 Å². The summed E-state index contributed by atoms with van der Waals surface area (Å²) in [6.07, 6.45) is 5.70. The molecule has 4 aromatic rings. The van der Waals surface area contributed by atoms with E-state index in [4.69, 9.17) is 4.52 Å². The van der Waals surface area contributed by atoms with Crippen LogP contribution in [0, 0.1) is 5.82 Å². The van der Waals surface area contributed by atoms with Gasteiger partial charge in [-0.25, -0.2) is 13.9 Å². The lowest BCUT2D eigenvalue weighted by atomic mass is 10.0. The summed E-state index contributed by atoms with van der Waals surface area (Å²) in [6, 6.07) is 9.82. The van der Waals surface area contributed by atoms with Crippen LogP contribution in [-0.4, -0.2) is 48.8 Å². The fraction of sp³-hybridized carbons (Fsp3) is 0.231. The van der Waals surface area contributed by atoms with Crippen LogP contribution in [0.5, 0.6) is 5.75 Å². The molecule has 39 heavy (non-hydrogen) atoms. The van der Waals surface area contributed by atoms with Crippen molar-refractivity contribution >= 4 is 42.0 Å². The molecular formula is C26H26FN6O5P. The van der Waals surface area contributed by atoms with E-state index in [1.165, 1.54) is 18.2 Å². The first-order valence-electron chi connectivity index (χ1n) is 12.3. The summed E-state index contributed by atoms with van der Waals surface area (Å²) in [5.41, 5.74) is 2.54. The summed E-state index contributed by atoms with van der Waals surface area (Å²) >= 11 is 0. The van der Waals surface area contributed by atoms with Gasteiger partial charge in [0.15, 0.2) is 23.0 Å². The molecular weight excluding hydrogens is 526 g/mol. The third kappa shape index (κ3) is 6.14. The van der Waals surface area contributed by atoms with Crippen LogP contribution < -0.4 is 14.7 Å². The van der Waals surface area contributed by atoms with Gasteiger partial charge < -0.3 is 14.7 Å². The second kappa shape index (κ2) is 10.9. The number of hydrogen-bond acceptors (Lipinski definition) is 8. The van der Waals surface area contributed by atoms with E-state index in [9.17, 15) is 19.1 Å². The van der Waals surface area contributed by atoms with Crippen molar-refractivity contribution in [3.63, 3.8) is 0 Å². The van der Waals surface area contributed by atoms with E-state index < -0.39 is 13.6 Å². The molecule has 4 N–H and O–H groups in total. The Hall–Kier alpha value is -4.12. The number of halogens is 1. The highest BCUT2D eigenvalue weighted by Crippen LogP contribution is 2.45. The van der Waals surface area contributed by atoms with E-state index in [0.29, 0.717) is 35.4 Å². The van der Waals surface area contributed by atoms with Crippen LogP contribution in [0.25, 0.3) is 22.3 Å². The number of ketones is 1. The van der Waals surface area contributed by atoms with Gasteiger partial charge in [0.25, 0.3) is 0 Å². The lowest BCUT2D eigenvalue weighted by Crippen LogP contribution is -2.30. The minimum absolute atomic E-state index is 0.0000821. The Labute approximate surface area is 223 Å². The van der Waals surface area contributed by atoms with Crippen LogP contribution in [0.3, 0.4) is 0 Å². The summed E-state index contributed by atoms with van der Waals surface area (Å²) in [7, 11) is -4.97. The van der Waals surface area contributed by atoms with Crippen molar-refractivity contribution in [2.24, 2.45) is 0 Å². The highest BCUT2D eigenvalue weighted by molar-refractivity contribution is 7.46. The average molecular weight is 553 g/mol. The largest absolute Gasteiger partial charge is 0.524 e. The molecule has 0 atom stereocenters. The van der Waals surface area contributed by atoms with Gasteiger partial charge in [-0.1, -0.05) is 24.8 Å². The number of phosphoric ester groups is 1. The standard InChI is InChI=1S/C26H26FN6O5P/c1-2-19(34)12-16-7-6-8-17(11-16)23-20-15-28-32-25(20)31-26(30-23)29-18-13-21(27)24(33-9-4-3-5-10-33)22(14-18)38-39(35,36)37/h2,6-8,11,13-15H,1,3-5,9-10,12H2,(H2,35,36,37)(H2,28,29,30,31,32). The predicted octanol–water partition coefficient (Wildman–Crippen LogP) is 4.66. The van der Waals surface area contributed by atoms with Crippen LogP contribution in [0.15, 0.2) is 55.3 Å². The zero-order valence-corrected chi connectivity index (χ0v) is 21.7. The van der Waals surface area contributed by atoms with Gasteiger partial charge in [-0.3, -0.25) is 19.7 Å². The third-order valence-corrected chi connectivity index (χ3v) is 6.72. The summed E-state index contributed by atoms with van der Waals surface area (Å²) in [5.74, 6) is -1.02. The highest BCUT2D eigenvalue weighted by atomic mass is 31.2. The van der Waals surface area contributed by atoms with Crippen LogP contribution in [0.4, 0.5) is 21.7 Å². The number of carbonyl (C=O) groups excluding carboxylic acids is 1. The number of fused-ring (bicyclic) bond motifs is 1. The topological polar surface area (TPSA) is 154 Å². The minimum atomic E-state index is -4.97. The summed E-state index contributed by atoms with van der Waals surface area (Å²) in [5, 5.41) is 10.4. The Morgan fingerprint density at radius 1 is 1.21 bits per heavy atom. The van der Waals surface area contributed by atoms with Crippen molar-refractivity contribution < 1.29 is 28.1 Å². The van der Waals surface area contributed by atoms with Gasteiger partial charge in [-0.05, 0) is 43.0 Å². The molecule has 0 saturated carbocycles. The number of allylic oxidation sites excluding steroid dienone is 1. The molecule has 1 fully saturated rings. The molecule has 0 aliphatic carbocycles. The van der Waals surface area contributed by atoms with Crippen LogP contribution >= 0.6 is 7.82 Å². The van der Waals surface area contributed by atoms with E-state index in [0.717, 1.165) is 24.8 Å². The molecule has 3 heterocycles. The number of nitrogens with zero attached hydrogens (tertiary/aromatic N) is 4. The number of aromatic amines is 1. The van der Waals surface area contributed by atoms with Crippen molar-refractivity contribution in [1.82, 2.24) is 20.2 Å². The Bertz CT molecular complexity index is 1600. The number of benzene rings is 2. The maximum atomic E-state index is 15.4. The smallest absolute Gasteiger partial charge is 0.402 e. The molecule has 11 nitrogen and oxygen atoms in total. The molecule has 5 rings (SSSR count). The molecule has 202 valence electrons. The first-order valence-corrected chi connectivity index (χ1v) is 13.8. The van der Waals surface area contributed by atoms with E-state index in [2.05, 4.69) is 32.1 Å². The first-order chi connectivity index (χ1) is 18.7. The summed E-state index contributed by atoms with van der Waals surface area (Å²) in [6.45, 7) is 4.60. The van der Waals surface area contributed by atoms with Crippen molar-refractivity contribution in [1.29, 1.82) is 0 Å². The van der Waals surface area contributed by atoms with Crippen molar-refractivity contribution in [3.05, 3.63) is 66.6 Å². The first kappa shape index (κ1) is 26.5. The molecule has 0 spiro atoms. The fourth-order valence-electron chi connectivity index (χ4n) is 4.61. The number of phosphoric acid groups is 1. The van der Waals surface area contributed by atoms with Gasteiger partial charge in [-0.2, -0.15) is 10.1 Å². The van der Waals surface area contributed by atoms with Gasteiger partial charge in [0.05, 0.1) is 17.3 Å². The number of anilines is 3. The van der Waals surface area contributed by atoms with Crippen LogP contribution in [0.2, 0.25) is 0 Å². The van der Waals surface area contributed by atoms with Gasteiger partial charge in [0, 0.05) is 36.8 Å². The Kier molecular flexibility index (Phi) is 7.42. The number of carbonyl (C=O) groups is 1. The molecule has 0 radical (unpaired) electrons. The normalized spacial score (nSPS) is 13.9. The predicted molar refractivity (Wildman–Crippen MR) is 144 cm³/mol. The van der Waals surface area contributed by atoms with Gasteiger partial charge in [0.1, 0.15) is 5.69 Å². The van der Waals surface area contributed by atoms with Crippen LogP contribution in [-0.2, 0) is 15.8 Å². The lowest BCUT2D eigenvalue weighted by Gasteiger charge is -2.30. The monoisotopic (exact) mass is 552 g/mol. The number of H-pyrrole nitrogens is 1. The number of hydrogen-bond donors (Lipinski definition) is 4. The molecule has 2 aromatic carbocycles. The molecule has 13 heteroatoms. The number of rotatable bonds is 9.